The van der Waals surface area contributed by atoms with Crippen molar-refractivity contribution in [2.24, 2.45) is 10.9 Å². The van der Waals surface area contributed by atoms with Crippen LogP contribution in [-0.4, -0.2) is 82.3 Å². The molecule has 330 valence electrons. The number of benzene rings is 4. The van der Waals surface area contributed by atoms with Crippen molar-refractivity contribution in [2.75, 3.05) is 55.7 Å². The van der Waals surface area contributed by atoms with Crippen LogP contribution in [0.2, 0.25) is 0 Å². The van der Waals surface area contributed by atoms with Crippen molar-refractivity contribution >= 4 is 45.5 Å². The Morgan fingerprint density at radius 3 is 2.12 bits per heavy atom. The lowest BCUT2D eigenvalue weighted by molar-refractivity contribution is -0.136. The second-order valence-electron chi connectivity index (χ2n) is 16.8. The van der Waals surface area contributed by atoms with E-state index in [-0.39, 0.29) is 29.9 Å². The topological polar surface area (TPSA) is 99.3 Å². The van der Waals surface area contributed by atoms with Crippen LogP contribution in [0.1, 0.15) is 77.1 Å². The molecule has 10 rings (SSSR count). The van der Waals surface area contributed by atoms with Gasteiger partial charge < -0.3 is 24.5 Å². The Labute approximate surface area is 375 Å². The molecule has 2 saturated heterocycles. The van der Waals surface area contributed by atoms with Crippen LogP contribution < -0.4 is 14.5 Å². The average Bonchev–Trinajstić information content (AvgIpc) is 3.79. The van der Waals surface area contributed by atoms with Crippen LogP contribution in [0.5, 0.6) is 11.5 Å². The van der Waals surface area contributed by atoms with E-state index in [4.69, 9.17) is 9.73 Å². The summed E-state index contributed by atoms with van der Waals surface area (Å²) in [4.78, 5) is 26.8. The fourth-order valence-corrected chi connectivity index (χ4v) is 10.4. The minimum Gasteiger partial charge on any atom is -0.508 e. The van der Waals surface area contributed by atoms with E-state index in [1.165, 1.54) is 39.5 Å². The molecule has 14 heteroatoms. The van der Waals surface area contributed by atoms with Crippen LogP contribution in [0.15, 0.2) is 89.9 Å². The van der Waals surface area contributed by atoms with Crippen molar-refractivity contribution in [3.8, 4) is 16.5 Å². The molecule has 1 N–H and O–H groups in total. The number of carbonyl (C=O) groups excluding carboxylic acids is 1. The smallest absolute Gasteiger partial charge is 0.225 e. The first-order chi connectivity index (χ1) is 30.9. The Morgan fingerprint density at radius 1 is 0.781 bits per heavy atom. The van der Waals surface area contributed by atoms with E-state index in [0.29, 0.717) is 40.5 Å². The highest BCUT2D eigenvalue weighted by molar-refractivity contribution is 7.15. The predicted octanol–water partition coefficient (Wildman–Crippen LogP) is 9.86. The van der Waals surface area contributed by atoms with Crippen molar-refractivity contribution in [3.05, 3.63) is 147 Å². The zero-order valence-electron chi connectivity index (χ0n) is 36.5. The lowest BCUT2D eigenvalue weighted by atomic mass is 9.93. The van der Waals surface area contributed by atoms with Gasteiger partial charge in [0.1, 0.15) is 52.4 Å². The monoisotopic (exact) mass is 885 g/mol. The number of aromatic nitrogens is 3. The maximum absolute atomic E-state index is 13.9. The number of fused-ring (bicyclic) bond motifs is 4. The van der Waals surface area contributed by atoms with Crippen LogP contribution >= 0.6 is 11.3 Å². The van der Waals surface area contributed by atoms with Crippen molar-refractivity contribution in [2.45, 2.75) is 53.5 Å². The molecule has 6 heterocycles. The summed E-state index contributed by atoms with van der Waals surface area (Å²) in [5.41, 5.74) is 8.18. The molecule has 0 bridgehead atoms. The number of piperidine rings is 1. The van der Waals surface area contributed by atoms with Gasteiger partial charge in [0, 0.05) is 95.8 Å². The van der Waals surface area contributed by atoms with E-state index in [0.717, 1.165) is 80.0 Å². The van der Waals surface area contributed by atoms with Gasteiger partial charge in [-0.05, 0) is 101 Å². The number of aliphatic imine (C=N–C) groups is 1. The molecule has 4 aromatic carbocycles. The number of anilines is 2. The molecule has 0 radical (unpaired) electrons. The number of ether oxygens (including phenoxy) is 1. The van der Waals surface area contributed by atoms with Gasteiger partial charge in [-0.2, -0.15) is 0 Å². The first-order valence-electron chi connectivity index (χ1n) is 21.7. The lowest BCUT2D eigenvalue weighted by Gasteiger charge is -2.39. The number of amides is 1. The van der Waals surface area contributed by atoms with Crippen molar-refractivity contribution in [1.29, 1.82) is 0 Å². The lowest BCUT2D eigenvalue weighted by Crippen LogP contribution is -2.51. The summed E-state index contributed by atoms with van der Waals surface area (Å²) in [6, 6.07) is 25.1. The number of halogens is 3. The molecule has 10 nitrogen and oxygen atoms in total. The molecule has 4 aliphatic heterocycles. The minimum absolute atomic E-state index is 0.0247. The molecular formula is C50H50F3N7O3S. The first kappa shape index (κ1) is 42.9. The SMILES string of the molecule is CC1=C(c2c(F)cc(F)cc2F)COc2ccc(O)cc21.Cc1sc2c(c1C)C(c1ccc(N3CCC(C(=O)N4CCN(c5ccccc5)CC4)CC3)cc1)=N[C@@H](C)c1nnc(C)n1-2. The highest BCUT2D eigenvalue weighted by Crippen LogP contribution is 2.41. The Kier molecular flexibility index (Phi) is 11.8. The number of aryl methyl sites for hydroxylation is 2. The number of aromatic hydroxyl groups is 1. The third-order valence-corrected chi connectivity index (χ3v) is 14.1. The highest BCUT2D eigenvalue weighted by Gasteiger charge is 2.32. The Morgan fingerprint density at radius 2 is 1.44 bits per heavy atom. The van der Waals surface area contributed by atoms with Gasteiger partial charge in [-0.25, -0.2) is 13.2 Å². The second-order valence-corrected chi connectivity index (χ2v) is 18.0. The zero-order chi connectivity index (χ0) is 44.8. The van der Waals surface area contributed by atoms with E-state index in [1.807, 2.05) is 13.0 Å². The van der Waals surface area contributed by atoms with Gasteiger partial charge in [-0.1, -0.05) is 30.3 Å². The van der Waals surface area contributed by atoms with E-state index < -0.39 is 17.5 Å². The Hall–Kier alpha value is -6.41. The van der Waals surface area contributed by atoms with Gasteiger partial charge in [-0.3, -0.25) is 14.4 Å². The fraction of sp³-hybridized carbons (Fsp3) is 0.320. The van der Waals surface area contributed by atoms with Crippen molar-refractivity contribution < 1.29 is 27.8 Å². The maximum atomic E-state index is 13.9. The number of para-hydroxylation sites is 1. The standard InChI is InChI=1S/C34H39N7OS.C16H11F3O2/c1-22-24(3)43-34-30(22)31(35-23(2)32-37-36-25(4)41(32)34)26-10-12-29(13-11-26)38-16-14-27(15-17-38)33(42)40-20-18-39(19-21-40)28-8-6-5-7-9-28;1-8-11-6-10(20)2-3-15(11)21-7-12(8)16-13(18)4-9(17)5-14(16)19/h5-13,23,27H,14-21H2,1-4H3;2-6,20H,7H2,1H3/t23-;/m0./s1. The Bertz CT molecular complexity index is 2760. The Balaban J connectivity index is 0.000000207. The molecule has 1 amide bonds. The van der Waals surface area contributed by atoms with Gasteiger partial charge in [0.25, 0.3) is 0 Å². The molecule has 2 fully saturated rings. The van der Waals surface area contributed by atoms with Crippen LogP contribution in [0.3, 0.4) is 0 Å². The number of piperazine rings is 1. The molecule has 2 aromatic heterocycles. The number of carbonyl (C=O) groups is 1. The van der Waals surface area contributed by atoms with Gasteiger partial charge in [0.2, 0.25) is 5.91 Å². The molecule has 6 aromatic rings. The number of phenols is 1. The van der Waals surface area contributed by atoms with E-state index >= 15 is 0 Å². The minimum atomic E-state index is -0.978. The van der Waals surface area contributed by atoms with E-state index in [9.17, 15) is 23.1 Å². The number of allylic oxidation sites excluding steroid dienone is 1. The molecule has 0 unspecified atom stereocenters. The molecule has 0 aliphatic carbocycles. The van der Waals surface area contributed by atoms with Gasteiger partial charge >= 0.3 is 0 Å². The number of hydrogen-bond acceptors (Lipinski definition) is 9. The number of phenolic OH excluding ortho intramolecular Hbond substituents is 1. The average molecular weight is 886 g/mol. The molecule has 4 aliphatic rings. The number of thiophene rings is 1. The van der Waals surface area contributed by atoms with Gasteiger partial charge in [0.15, 0.2) is 5.82 Å². The predicted molar refractivity (Wildman–Crippen MR) is 247 cm³/mol. The largest absolute Gasteiger partial charge is 0.508 e. The summed E-state index contributed by atoms with van der Waals surface area (Å²) < 4.78 is 48.5. The molecule has 64 heavy (non-hydrogen) atoms. The summed E-state index contributed by atoms with van der Waals surface area (Å²) >= 11 is 1.79. The van der Waals surface area contributed by atoms with Crippen LogP contribution in [0, 0.1) is 44.1 Å². The summed E-state index contributed by atoms with van der Waals surface area (Å²) in [5.74, 6) is -0.131. The molecule has 0 saturated carbocycles. The number of hydrogen-bond donors (Lipinski definition) is 1. The highest BCUT2D eigenvalue weighted by atomic mass is 32.1. The van der Waals surface area contributed by atoms with Crippen molar-refractivity contribution in [1.82, 2.24) is 19.7 Å². The third-order valence-electron chi connectivity index (χ3n) is 12.9. The fourth-order valence-electron chi connectivity index (χ4n) is 9.22. The van der Waals surface area contributed by atoms with Crippen LogP contribution in [0.25, 0.3) is 16.1 Å². The molecule has 1 atom stereocenters. The van der Waals surface area contributed by atoms with Gasteiger partial charge in [-0.15, -0.1) is 21.5 Å². The van der Waals surface area contributed by atoms with Crippen LogP contribution in [-0.2, 0) is 4.79 Å². The maximum Gasteiger partial charge on any atom is 0.225 e. The third kappa shape index (κ3) is 8.15. The number of nitrogens with zero attached hydrogens (tertiary/aromatic N) is 7. The number of rotatable bonds is 5. The summed E-state index contributed by atoms with van der Waals surface area (Å²) in [5, 5.41) is 19.5. The second kappa shape index (κ2) is 17.6. The summed E-state index contributed by atoms with van der Waals surface area (Å²) in [7, 11) is 0. The van der Waals surface area contributed by atoms with E-state index in [1.54, 1.807) is 24.3 Å². The molecular weight excluding hydrogens is 836 g/mol. The first-order valence-corrected chi connectivity index (χ1v) is 22.5. The van der Waals surface area contributed by atoms with E-state index in [2.05, 4.69) is 98.8 Å². The van der Waals surface area contributed by atoms with Crippen LogP contribution in [0.4, 0.5) is 24.5 Å². The summed E-state index contributed by atoms with van der Waals surface area (Å²) in [6.07, 6.45) is 1.80. The van der Waals surface area contributed by atoms with Gasteiger partial charge in [0.05, 0.1) is 11.3 Å². The summed E-state index contributed by atoms with van der Waals surface area (Å²) in [6.45, 7) is 15.3. The zero-order valence-corrected chi connectivity index (χ0v) is 37.4. The van der Waals surface area contributed by atoms with Crippen molar-refractivity contribution in [3.63, 3.8) is 0 Å². The quantitative estimate of drug-likeness (QED) is 0.184. The normalized spacial score (nSPS) is 17.4. The molecule has 0 spiro atoms.